The lowest BCUT2D eigenvalue weighted by molar-refractivity contribution is -0.137. The van der Waals surface area contributed by atoms with E-state index in [0.29, 0.717) is 6.20 Å². The van der Waals surface area contributed by atoms with Crippen LogP contribution in [-0.2, 0) is 4.84 Å². The van der Waals surface area contributed by atoms with Gasteiger partial charge < -0.3 is 4.84 Å². The van der Waals surface area contributed by atoms with Crippen molar-refractivity contribution in [3.05, 3.63) is 12.0 Å². The van der Waals surface area contributed by atoms with Crippen molar-refractivity contribution < 1.29 is 18.0 Å². The summed E-state index contributed by atoms with van der Waals surface area (Å²) in [5.41, 5.74) is 3.84. The average molecular weight is 140 g/mol. The van der Waals surface area contributed by atoms with E-state index >= 15 is 0 Å². The van der Waals surface area contributed by atoms with Crippen molar-refractivity contribution >= 4 is 0 Å². The van der Waals surface area contributed by atoms with Crippen molar-refractivity contribution in [1.29, 1.82) is 0 Å². The minimum absolute atomic E-state index is 0.694. The Balaban J connectivity index is 2.61. The molecule has 6 heteroatoms. The number of halogens is 3. The van der Waals surface area contributed by atoms with Gasteiger partial charge in [-0.25, -0.2) is 0 Å². The molecule has 0 saturated carbocycles. The number of alkyl halides is 3. The molecule has 2 N–H and O–H groups in total. The molecule has 0 spiro atoms. The maximum atomic E-state index is 11.5. The van der Waals surface area contributed by atoms with Gasteiger partial charge in [0.1, 0.15) is 0 Å². The number of nitrogens with one attached hydrogen (secondary N) is 2. The minimum atomic E-state index is -4.41. The third-order valence-electron chi connectivity index (χ3n) is 0.703. The van der Waals surface area contributed by atoms with Gasteiger partial charge >= 0.3 is 6.18 Å². The lowest BCUT2D eigenvalue weighted by atomic mass is 10.5. The van der Waals surface area contributed by atoms with Crippen LogP contribution in [-0.4, -0.2) is 6.18 Å². The van der Waals surface area contributed by atoms with Crippen molar-refractivity contribution in [2.75, 3.05) is 0 Å². The molecule has 3 nitrogen and oxygen atoms in total. The van der Waals surface area contributed by atoms with Crippen LogP contribution in [0, 0.1) is 0 Å². The Morgan fingerprint density at radius 1 is 1.44 bits per heavy atom. The zero-order chi connectivity index (χ0) is 6.91. The van der Waals surface area contributed by atoms with Crippen LogP contribution in [0.1, 0.15) is 0 Å². The molecule has 0 unspecified atom stereocenters. The largest absolute Gasteiger partial charge is 0.453 e. The summed E-state index contributed by atoms with van der Waals surface area (Å²) in [7, 11) is 0. The Bertz CT molecular complexity index is 140. The van der Waals surface area contributed by atoms with E-state index in [1.54, 1.807) is 0 Å². The van der Waals surface area contributed by atoms with E-state index in [-0.39, 0.29) is 0 Å². The Kier molecular flexibility index (Phi) is 1.24. The van der Waals surface area contributed by atoms with E-state index in [1.165, 1.54) is 0 Å². The molecule has 0 atom stereocenters. The molecule has 9 heavy (non-hydrogen) atoms. The van der Waals surface area contributed by atoms with Crippen molar-refractivity contribution in [3.63, 3.8) is 0 Å². The van der Waals surface area contributed by atoms with Crippen LogP contribution in [0.15, 0.2) is 12.0 Å². The second kappa shape index (κ2) is 1.80. The van der Waals surface area contributed by atoms with E-state index in [1.807, 2.05) is 11.0 Å². The van der Waals surface area contributed by atoms with E-state index in [4.69, 9.17) is 0 Å². The first-order valence-electron chi connectivity index (χ1n) is 2.05. The minimum Gasteiger partial charge on any atom is -0.382 e. The maximum Gasteiger partial charge on any atom is 0.453 e. The summed E-state index contributed by atoms with van der Waals surface area (Å²) in [6.45, 7) is 0. The third-order valence-corrected chi connectivity index (χ3v) is 0.703. The van der Waals surface area contributed by atoms with E-state index in [0.717, 1.165) is 0 Å². The van der Waals surface area contributed by atoms with Gasteiger partial charge in [0.25, 0.3) is 0 Å². The van der Waals surface area contributed by atoms with Gasteiger partial charge in [0, 0.05) is 0 Å². The van der Waals surface area contributed by atoms with Crippen LogP contribution < -0.4 is 11.0 Å². The van der Waals surface area contributed by atoms with E-state index < -0.39 is 11.9 Å². The van der Waals surface area contributed by atoms with Crippen molar-refractivity contribution in [1.82, 2.24) is 11.0 Å². The Morgan fingerprint density at radius 2 is 2.11 bits per heavy atom. The van der Waals surface area contributed by atoms with Crippen molar-refractivity contribution in [2.24, 2.45) is 0 Å². The molecule has 1 rings (SSSR count). The van der Waals surface area contributed by atoms with Gasteiger partial charge in [-0.1, -0.05) is 5.59 Å². The number of allylic oxidation sites excluding steroid dienone is 1. The Labute approximate surface area is 48.4 Å². The molecule has 0 radical (unpaired) electrons. The van der Waals surface area contributed by atoms with Crippen LogP contribution in [0.3, 0.4) is 0 Å². The van der Waals surface area contributed by atoms with Crippen LogP contribution in [0.2, 0.25) is 0 Å². The molecular formula is C3H3F3N2O. The van der Waals surface area contributed by atoms with Crippen LogP contribution in [0.5, 0.6) is 0 Å². The smallest absolute Gasteiger partial charge is 0.382 e. The molecule has 1 aliphatic heterocycles. The predicted octanol–water partition coefficient (Wildman–Crippen LogP) is 0.429. The molecule has 1 heterocycles. The second-order valence-corrected chi connectivity index (χ2v) is 1.35. The van der Waals surface area contributed by atoms with Gasteiger partial charge in [0.05, 0.1) is 6.20 Å². The molecule has 0 aliphatic carbocycles. The van der Waals surface area contributed by atoms with Gasteiger partial charge in [-0.3, -0.25) is 5.43 Å². The average Bonchev–Trinajstić information content (AvgIpc) is 2.08. The van der Waals surface area contributed by atoms with Crippen LogP contribution in [0.25, 0.3) is 0 Å². The topological polar surface area (TPSA) is 33.3 Å². The summed E-state index contributed by atoms with van der Waals surface area (Å²) in [5.74, 6) is -1.07. The van der Waals surface area contributed by atoms with Gasteiger partial charge in [0.15, 0.2) is 0 Å². The highest BCUT2D eigenvalue weighted by Crippen LogP contribution is 2.25. The zero-order valence-electron chi connectivity index (χ0n) is 4.12. The highest BCUT2D eigenvalue weighted by Gasteiger charge is 2.38. The molecule has 1 aliphatic rings. The number of hydrogen-bond acceptors (Lipinski definition) is 3. The Hall–Kier alpha value is -0.910. The summed E-state index contributed by atoms with van der Waals surface area (Å²) in [4.78, 5) is 3.89. The first-order chi connectivity index (χ1) is 4.11. The first-order valence-corrected chi connectivity index (χ1v) is 2.05. The standard InChI is InChI=1S/C3H3F3N2O/c4-3(5,6)2-1-7-8-9-2/h1,7-8H. The summed E-state index contributed by atoms with van der Waals surface area (Å²) in [6.07, 6.45) is -3.71. The van der Waals surface area contributed by atoms with Gasteiger partial charge in [-0.15, -0.1) is 0 Å². The molecule has 0 fully saturated rings. The highest BCUT2D eigenvalue weighted by molar-refractivity contribution is 5.00. The highest BCUT2D eigenvalue weighted by atomic mass is 19.4. The first kappa shape index (κ1) is 6.21. The number of hydrazine groups is 1. The molecule has 0 saturated heterocycles. The molecule has 52 valence electrons. The van der Waals surface area contributed by atoms with Crippen molar-refractivity contribution in [2.45, 2.75) is 6.18 Å². The summed E-state index contributed by atoms with van der Waals surface area (Å²) < 4.78 is 34.5. The third kappa shape index (κ3) is 1.26. The van der Waals surface area contributed by atoms with Gasteiger partial charge in [-0.05, 0) is 0 Å². The molecule has 0 amide bonds. The van der Waals surface area contributed by atoms with Crippen LogP contribution in [0.4, 0.5) is 13.2 Å². The van der Waals surface area contributed by atoms with Crippen molar-refractivity contribution in [3.8, 4) is 0 Å². The van der Waals surface area contributed by atoms with E-state index in [2.05, 4.69) is 4.84 Å². The fraction of sp³-hybridized carbons (Fsp3) is 0.333. The predicted molar refractivity (Wildman–Crippen MR) is 21.5 cm³/mol. The fourth-order valence-corrected chi connectivity index (χ4v) is 0.349. The molecule has 0 aromatic carbocycles. The summed E-state index contributed by atoms with van der Waals surface area (Å²) in [6, 6.07) is 0. The number of rotatable bonds is 0. The molecule has 0 aromatic heterocycles. The normalized spacial score (nSPS) is 18.3. The Morgan fingerprint density at radius 3 is 2.33 bits per heavy atom. The zero-order valence-corrected chi connectivity index (χ0v) is 4.12. The number of hydrogen-bond donors (Lipinski definition) is 2. The maximum absolute atomic E-state index is 11.5. The second-order valence-electron chi connectivity index (χ2n) is 1.35. The molecule has 0 bridgehead atoms. The van der Waals surface area contributed by atoms with Crippen LogP contribution >= 0.6 is 0 Å². The summed E-state index contributed by atoms with van der Waals surface area (Å²) in [5, 5.41) is 0. The lowest BCUT2D eigenvalue weighted by Crippen LogP contribution is -2.20. The monoisotopic (exact) mass is 140 g/mol. The lowest BCUT2D eigenvalue weighted by Gasteiger charge is -2.03. The molecule has 0 aromatic rings. The fourth-order valence-electron chi connectivity index (χ4n) is 0.349. The van der Waals surface area contributed by atoms with E-state index in [9.17, 15) is 13.2 Å². The quantitative estimate of drug-likeness (QED) is 0.511. The SMILES string of the molecule is FC(F)(F)C1=CNNO1. The van der Waals surface area contributed by atoms with Gasteiger partial charge in [-0.2, -0.15) is 13.2 Å². The molecular weight excluding hydrogens is 137 g/mol. The summed E-state index contributed by atoms with van der Waals surface area (Å²) >= 11 is 0. The van der Waals surface area contributed by atoms with Gasteiger partial charge in [0.2, 0.25) is 5.76 Å².